The van der Waals surface area contributed by atoms with E-state index in [1.807, 2.05) is 13.8 Å². The smallest absolute Gasteiger partial charge is 0.273 e. The van der Waals surface area contributed by atoms with Crippen molar-refractivity contribution >= 4 is 17.7 Å². The van der Waals surface area contributed by atoms with Gasteiger partial charge in [0.1, 0.15) is 11.2 Å². The summed E-state index contributed by atoms with van der Waals surface area (Å²) in [6.45, 7) is 5.09. The molecule has 3 amide bonds. The maximum Gasteiger partial charge on any atom is 0.273 e. The molecule has 8 heteroatoms. The predicted molar refractivity (Wildman–Crippen MR) is 126 cm³/mol. The standard InChI is InChI=1S/C25H37N5O3/c1-3-15-30-23(32)21-20(22(31)26-14-13-18-9-5-4-6-10-18)27-17-29(21)16-25(30,2)24(33)28-19-11-7-8-12-19/h9,17,19H,3-8,10-16H2,1-2H3,(H,26,31)(H,28,33). The molecule has 0 bridgehead atoms. The highest BCUT2D eigenvalue weighted by atomic mass is 16.2. The Balaban J connectivity index is 1.49. The molecule has 1 saturated carbocycles. The van der Waals surface area contributed by atoms with Crippen LogP contribution < -0.4 is 10.6 Å². The van der Waals surface area contributed by atoms with Crippen molar-refractivity contribution in [2.45, 2.75) is 96.2 Å². The Bertz CT molecular complexity index is 930. The zero-order valence-electron chi connectivity index (χ0n) is 20.0. The molecule has 2 N–H and O–H groups in total. The quantitative estimate of drug-likeness (QED) is 0.589. The first-order valence-corrected chi connectivity index (χ1v) is 12.6. The lowest BCUT2D eigenvalue weighted by Gasteiger charge is -2.44. The first-order chi connectivity index (χ1) is 15.9. The lowest BCUT2D eigenvalue weighted by molar-refractivity contribution is -0.133. The molecular weight excluding hydrogens is 418 g/mol. The number of nitrogens with one attached hydrogen (secondary N) is 2. The maximum atomic E-state index is 13.6. The van der Waals surface area contributed by atoms with Crippen molar-refractivity contribution in [1.82, 2.24) is 25.1 Å². The number of imidazole rings is 1. The van der Waals surface area contributed by atoms with Crippen molar-refractivity contribution in [2.24, 2.45) is 0 Å². The average Bonchev–Trinajstić information content (AvgIpc) is 3.47. The third-order valence-corrected chi connectivity index (χ3v) is 7.32. The van der Waals surface area contributed by atoms with E-state index in [2.05, 4.69) is 21.7 Å². The van der Waals surface area contributed by atoms with E-state index in [-0.39, 0.29) is 35.2 Å². The summed E-state index contributed by atoms with van der Waals surface area (Å²) in [7, 11) is 0. The molecule has 0 aromatic carbocycles. The summed E-state index contributed by atoms with van der Waals surface area (Å²) in [6, 6.07) is 0.178. The van der Waals surface area contributed by atoms with Gasteiger partial charge >= 0.3 is 0 Å². The fourth-order valence-corrected chi connectivity index (χ4v) is 5.39. The third kappa shape index (κ3) is 4.84. The van der Waals surface area contributed by atoms with Crippen LogP contribution in [0.4, 0.5) is 0 Å². The Morgan fingerprint density at radius 2 is 2.00 bits per heavy atom. The molecule has 1 atom stereocenters. The topological polar surface area (TPSA) is 96.3 Å². The summed E-state index contributed by atoms with van der Waals surface area (Å²) in [5, 5.41) is 6.10. The van der Waals surface area contributed by atoms with E-state index < -0.39 is 5.54 Å². The number of fused-ring (bicyclic) bond motifs is 1. The number of carbonyl (C=O) groups excluding carboxylic acids is 3. The molecule has 33 heavy (non-hydrogen) atoms. The molecule has 1 aliphatic heterocycles. The van der Waals surface area contributed by atoms with Gasteiger partial charge in [-0.25, -0.2) is 4.98 Å². The van der Waals surface area contributed by atoms with Crippen molar-refractivity contribution in [3.8, 4) is 0 Å². The molecule has 4 rings (SSSR count). The van der Waals surface area contributed by atoms with E-state index in [4.69, 9.17) is 0 Å². The van der Waals surface area contributed by atoms with Crippen LogP contribution in [0.5, 0.6) is 0 Å². The van der Waals surface area contributed by atoms with Crippen molar-refractivity contribution < 1.29 is 14.4 Å². The highest BCUT2D eigenvalue weighted by Gasteiger charge is 2.48. The molecule has 0 saturated heterocycles. The van der Waals surface area contributed by atoms with Crippen LogP contribution in [-0.2, 0) is 11.3 Å². The summed E-state index contributed by atoms with van der Waals surface area (Å²) in [4.78, 5) is 45.7. The van der Waals surface area contributed by atoms with Crippen molar-refractivity contribution in [2.75, 3.05) is 13.1 Å². The van der Waals surface area contributed by atoms with Gasteiger partial charge in [0.2, 0.25) is 5.91 Å². The number of carbonyl (C=O) groups is 3. The molecule has 1 fully saturated rings. The van der Waals surface area contributed by atoms with Gasteiger partial charge in [-0.15, -0.1) is 0 Å². The molecular formula is C25H37N5O3. The lowest BCUT2D eigenvalue weighted by Crippen LogP contribution is -2.65. The van der Waals surface area contributed by atoms with Crippen LogP contribution >= 0.6 is 0 Å². The second kappa shape index (κ2) is 10.1. The largest absolute Gasteiger partial charge is 0.351 e. The van der Waals surface area contributed by atoms with Gasteiger partial charge in [-0.3, -0.25) is 14.4 Å². The van der Waals surface area contributed by atoms with E-state index in [0.29, 0.717) is 19.6 Å². The van der Waals surface area contributed by atoms with Crippen molar-refractivity contribution in [3.63, 3.8) is 0 Å². The Kier molecular flexibility index (Phi) is 7.20. The van der Waals surface area contributed by atoms with Crippen LogP contribution in [0.15, 0.2) is 18.0 Å². The van der Waals surface area contributed by atoms with Gasteiger partial charge in [0.05, 0.1) is 12.9 Å². The molecule has 3 aliphatic rings. The maximum absolute atomic E-state index is 13.6. The first kappa shape index (κ1) is 23.5. The van der Waals surface area contributed by atoms with Crippen LogP contribution in [-0.4, -0.2) is 56.8 Å². The Labute approximate surface area is 196 Å². The van der Waals surface area contributed by atoms with Crippen molar-refractivity contribution in [1.29, 1.82) is 0 Å². The number of aromatic nitrogens is 2. The van der Waals surface area contributed by atoms with Gasteiger partial charge in [0, 0.05) is 19.1 Å². The van der Waals surface area contributed by atoms with Crippen molar-refractivity contribution in [3.05, 3.63) is 29.4 Å². The minimum atomic E-state index is -1.01. The van der Waals surface area contributed by atoms with Crippen LogP contribution in [0.1, 0.15) is 99.0 Å². The van der Waals surface area contributed by atoms with Gasteiger partial charge in [-0.2, -0.15) is 0 Å². The molecule has 0 radical (unpaired) electrons. The van der Waals surface area contributed by atoms with Crippen LogP contribution in [0.25, 0.3) is 0 Å². The molecule has 1 unspecified atom stereocenters. The van der Waals surface area contributed by atoms with E-state index in [9.17, 15) is 14.4 Å². The predicted octanol–water partition coefficient (Wildman–Crippen LogP) is 3.19. The number of hydrogen-bond acceptors (Lipinski definition) is 4. The fraction of sp³-hybridized carbons (Fsp3) is 0.680. The molecule has 0 spiro atoms. The van der Waals surface area contributed by atoms with Gasteiger partial charge in [0.25, 0.3) is 11.8 Å². The van der Waals surface area contributed by atoms with Crippen LogP contribution in [0.3, 0.4) is 0 Å². The zero-order chi connectivity index (χ0) is 23.4. The Morgan fingerprint density at radius 3 is 2.70 bits per heavy atom. The monoisotopic (exact) mass is 455 g/mol. The highest BCUT2D eigenvalue weighted by Crippen LogP contribution is 2.30. The molecule has 8 nitrogen and oxygen atoms in total. The van der Waals surface area contributed by atoms with E-state index >= 15 is 0 Å². The normalized spacial score (nSPS) is 23.3. The molecule has 2 heterocycles. The lowest BCUT2D eigenvalue weighted by atomic mass is 9.93. The minimum Gasteiger partial charge on any atom is -0.351 e. The van der Waals surface area contributed by atoms with Gasteiger partial charge in [0.15, 0.2) is 5.69 Å². The summed E-state index contributed by atoms with van der Waals surface area (Å²) in [5.41, 5.74) is 0.813. The summed E-state index contributed by atoms with van der Waals surface area (Å²) >= 11 is 0. The molecule has 180 valence electrons. The number of hydrogen-bond donors (Lipinski definition) is 2. The number of allylic oxidation sites excluding steroid dienone is 1. The van der Waals surface area contributed by atoms with Gasteiger partial charge in [-0.05, 0) is 58.3 Å². The minimum absolute atomic E-state index is 0.123. The van der Waals surface area contributed by atoms with Crippen LogP contribution in [0.2, 0.25) is 0 Å². The third-order valence-electron chi connectivity index (χ3n) is 7.32. The second-order valence-corrected chi connectivity index (χ2v) is 9.87. The Hall–Kier alpha value is -2.64. The summed E-state index contributed by atoms with van der Waals surface area (Å²) in [6.07, 6.45) is 14.2. The number of amides is 3. The second-order valence-electron chi connectivity index (χ2n) is 9.87. The van der Waals surface area contributed by atoms with E-state index in [1.54, 1.807) is 9.47 Å². The van der Waals surface area contributed by atoms with E-state index in [1.165, 1.54) is 24.7 Å². The molecule has 1 aromatic rings. The molecule has 2 aliphatic carbocycles. The number of nitrogens with zero attached hydrogens (tertiary/aromatic N) is 3. The van der Waals surface area contributed by atoms with Gasteiger partial charge in [-0.1, -0.05) is 31.4 Å². The highest BCUT2D eigenvalue weighted by molar-refractivity contribution is 6.07. The first-order valence-electron chi connectivity index (χ1n) is 12.6. The molecule has 1 aromatic heterocycles. The summed E-state index contributed by atoms with van der Waals surface area (Å²) in [5.74, 6) is -0.754. The van der Waals surface area contributed by atoms with Gasteiger partial charge < -0.3 is 20.1 Å². The number of rotatable bonds is 8. The zero-order valence-corrected chi connectivity index (χ0v) is 20.0. The Morgan fingerprint density at radius 1 is 1.21 bits per heavy atom. The average molecular weight is 456 g/mol. The summed E-state index contributed by atoms with van der Waals surface area (Å²) < 4.78 is 1.68. The SMILES string of the molecule is CCCN1C(=O)c2c(C(=O)NCCC3=CCCCC3)ncn2CC1(C)C(=O)NC1CCCC1. The van der Waals surface area contributed by atoms with E-state index in [0.717, 1.165) is 51.4 Å². The van der Waals surface area contributed by atoms with Crippen LogP contribution in [0, 0.1) is 0 Å². The fourth-order valence-electron chi connectivity index (χ4n) is 5.39.